The molecule has 1 unspecified atom stereocenters. The first kappa shape index (κ1) is 14.6. The summed E-state index contributed by atoms with van der Waals surface area (Å²) in [7, 11) is 0. The fourth-order valence-electron chi connectivity index (χ4n) is 1.91. The van der Waals surface area contributed by atoms with Gasteiger partial charge >= 0.3 is 0 Å². The molecule has 0 aliphatic rings. The predicted molar refractivity (Wildman–Crippen MR) is 76.9 cm³/mol. The van der Waals surface area contributed by atoms with Crippen LogP contribution in [0.3, 0.4) is 0 Å². The number of hydrogen-bond donors (Lipinski definition) is 1. The summed E-state index contributed by atoms with van der Waals surface area (Å²) in [5.74, 6) is -1.59. The molecule has 1 N–H and O–H groups in total. The van der Waals surface area contributed by atoms with Gasteiger partial charge in [0.1, 0.15) is 17.2 Å². The van der Waals surface area contributed by atoms with E-state index in [0.717, 1.165) is 10.5 Å². The Hall–Kier alpha value is -0.780. The fourth-order valence-corrected chi connectivity index (χ4v) is 2.64. The third-order valence-electron chi connectivity index (χ3n) is 2.92. The monoisotopic (exact) mass is 390 g/mol. The minimum atomic E-state index is -1.76. The highest BCUT2D eigenvalue weighted by Gasteiger charge is 2.33. The summed E-state index contributed by atoms with van der Waals surface area (Å²) in [6.07, 6.45) is 0. The van der Waals surface area contributed by atoms with Crippen LogP contribution in [0.5, 0.6) is 0 Å². The van der Waals surface area contributed by atoms with E-state index >= 15 is 0 Å². The van der Waals surface area contributed by atoms with E-state index in [9.17, 15) is 13.9 Å². The third-order valence-corrected chi connectivity index (χ3v) is 4.02. The van der Waals surface area contributed by atoms with Crippen LogP contribution in [0.15, 0.2) is 45.3 Å². The van der Waals surface area contributed by atoms with Gasteiger partial charge in [-0.2, -0.15) is 0 Å². The standard InChI is InChI=1S/C14H10Br2F2O/c1-14(19,8-3-2-4-9(15)7-8)12-11(17)6-5-10(16)13(12)18/h2-7,19H,1H3. The summed E-state index contributed by atoms with van der Waals surface area (Å²) in [5, 5.41) is 10.5. The molecule has 2 aromatic carbocycles. The number of halogens is 4. The van der Waals surface area contributed by atoms with Crippen molar-refractivity contribution in [3.8, 4) is 0 Å². The summed E-state index contributed by atoms with van der Waals surface area (Å²) in [5.41, 5.74) is -1.74. The maximum atomic E-state index is 14.1. The summed E-state index contributed by atoms with van der Waals surface area (Å²) in [4.78, 5) is 0. The first-order valence-corrected chi connectivity index (χ1v) is 7.05. The molecule has 1 atom stereocenters. The average molecular weight is 392 g/mol. The van der Waals surface area contributed by atoms with Crippen LogP contribution in [-0.2, 0) is 5.60 Å². The van der Waals surface area contributed by atoms with Crippen molar-refractivity contribution in [1.82, 2.24) is 0 Å². The van der Waals surface area contributed by atoms with Crippen LogP contribution in [0, 0.1) is 11.6 Å². The number of hydrogen-bond acceptors (Lipinski definition) is 1. The lowest BCUT2D eigenvalue weighted by molar-refractivity contribution is 0.0931. The second-order valence-corrected chi connectivity index (χ2v) is 6.07. The van der Waals surface area contributed by atoms with Crippen LogP contribution >= 0.6 is 31.9 Å². The normalized spacial score (nSPS) is 14.2. The van der Waals surface area contributed by atoms with E-state index in [1.54, 1.807) is 24.3 Å². The van der Waals surface area contributed by atoms with Gasteiger partial charge in [-0.05, 0) is 52.7 Å². The molecular formula is C14H10Br2F2O. The van der Waals surface area contributed by atoms with Crippen molar-refractivity contribution >= 4 is 31.9 Å². The summed E-state index contributed by atoms with van der Waals surface area (Å²) in [6.45, 7) is 1.36. The average Bonchev–Trinajstić information content (AvgIpc) is 2.34. The molecule has 0 saturated carbocycles. The molecule has 100 valence electrons. The van der Waals surface area contributed by atoms with Gasteiger partial charge in [0.2, 0.25) is 0 Å². The van der Waals surface area contributed by atoms with E-state index in [1.807, 2.05) is 0 Å². The van der Waals surface area contributed by atoms with Gasteiger partial charge in [0.05, 0.1) is 10.0 Å². The van der Waals surface area contributed by atoms with Crippen molar-refractivity contribution in [2.75, 3.05) is 0 Å². The molecule has 0 spiro atoms. The first-order valence-electron chi connectivity index (χ1n) is 5.46. The molecule has 2 rings (SSSR count). The van der Waals surface area contributed by atoms with E-state index in [1.165, 1.54) is 13.0 Å². The molecule has 2 aromatic rings. The Morgan fingerprint density at radius 2 is 1.79 bits per heavy atom. The molecular weight excluding hydrogens is 382 g/mol. The predicted octanol–water partition coefficient (Wildman–Crippen LogP) is 4.75. The SMILES string of the molecule is CC(O)(c1cccc(Br)c1)c1c(F)ccc(Br)c1F. The van der Waals surface area contributed by atoms with Crippen LogP contribution in [0.1, 0.15) is 18.1 Å². The molecule has 0 saturated heterocycles. The Morgan fingerprint density at radius 1 is 1.11 bits per heavy atom. The molecule has 0 radical (unpaired) electrons. The quantitative estimate of drug-likeness (QED) is 0.732. The van der Waals surface area contributed by atoms with E-state index in [0.29, 0.717) is 5.56 Å². The number of aliphatic hydroxyl groups is 1. The molecule has 0 heterocycles. The molecule has 0 aromatic heterocycles. The molecule has 1 nitrogen and oxygen atoms in total. The lowest BCUT2D eigenvalue weighted by Crippen LogP contribution is -2.26. The van der Waals surface area contributed by atoms with Crippen molar-refractivity contribution in [3.05, 3.63) is 68.1 Å². The zero-order valence-corrected chi connectivity index (χ0v) is 13.1. The van der Waals surface area contributed by atoms with E-state index < -0.39 is 17.2 Å². The summed E-state index contributed by atoms with van der Waals surface area (Å²) in [6, 6.07) is 9.10. The van der Waals surface area contributed by atoms with E-state index in [-0.39, 0.29) is 10.0 Å². The Morgan fingerprint density at radius 3 is 2.42 bits per heavy atom. The Bertz CT molecular complexity index is 627. The van der Waals surface area contributed by atoms with Crippen LogP contribution in [0.4, 0.5) is 8.78 Å². The lowest BCUT2D eigenvalue weighted by Gasteiger charge is -2.26. The van der Waals surface area contributed by atoms with Crippen molar-refractivity contribution in [2.24, 2.45) is 0 Å². The van der Waals surface area contributed by atoms with Gasteiger partial charge in [0.15, 0.2) is 0 Å². The second kappa shape index (κ2) is 5.31. The Kier molecular flexibility index (Phi) is 4.08. The highest BCUT2D eigenvalue weighted by atomic mass is 79.9. The third kappa shape index (κ3) is 2.73. The van der Waals surface area contributed by atoms with Crippen molar-refractivity contribution < 1.29 is 13.9 Å². The van der Waals surface area contributed by atoms with Crippen LogP contribution in [-0.4, -0.2) is 5.11 Å². The van der Waals surface area contributed by atoms with Gasteiger partial charge in [-0.25, -0.2) is 8.78 Å². The van der Waals surface area contributed by atoms with Crippen molar-refractivity contribution in [1.29, 1.82) is 0 Å². The lowest BCUT2D eigenvalue weighted by atomic mass is 9.87. The zero-order valence-electron chi connectivity index (χ0n) is 9.92. The van der Waals surface area contributed by atoms with Crippen LogP contribution < -0.4 is 0 Å². The molecule has 0 aliphatic heterocycles. The van der Waals surface area contributed by atoms with Crippen LogP contribution in [0.25, 0.3) is 0 Å². The van der Waals surface area contributed by atoms with Gasteiger partial charge in [-0.1, -0.05) is 28.1 Å². The maximum Gasteiger partial charge on any atom is 0.146 e. The first-order chi connectivity index (χ1) is 8.84. The maximum absolute atomic E-state index is 14.1. The fraction of sp³-hybridized carbons (Fsp3) is 0.143. The van der Waals surface area contributed by atoms with Gasteiger partial charge < -0.3 is 5.11 Å². The van der Waals surface area contributed by atoms with Crippen molar-refractivity contribution in [2.45, 2.75) is 12.5 Å². The number of benzene rings is 2. The minimum Gasteiger partial charge on any atom is -0.380 e. The zero-order chi connectivity index (χ0) is 14.2. The highest BCUT2D eigenvalue weighted by molar-refractivity contribution is 9.10. The topological polar surface area (TPSA) is 20.2 Å². The Balaban J connectivity index is 2.66. The summed E-state index contributed by atoms with van der Waals surface area (Å²) >= 11 is 6.27. The van der Waals surface area contributed by atoms with Gasteiger partial charge in [0, 0.05) is 4.47 Å². The van der Waals surface area contributed by atoms with Crippen molar-refractivity contribution in [3.63, 3.8) is 0 Å². The molecule has 5 heteroatoms. The molecule has 0 fully saturated rings. The molecule has 19 heavy (non-hydrogen) atoms. The minimum absolute atomic E-state index is 0.110. The molecule has 0 amide bonds. The van der Waals surface area contributed by atoms with Gasteiger partial charge in [0.25, 0.3) is 0 Å². The largest absolute Gasteiger partial charge is 0.380 e. The summed E-state index contributed by atoms with van der Waals surface area (Å²) < 4.78 is 28.8. The smallest absolute Gasteiger partial charge is 0.146 e. The van der Waals surface area contributed by atoms with E-state index in [2.05, 4.69) is 31.9 Å². The van der Waals surface area contributed by atoms with Gasteiger partial charge in [-0.15, -0.1) is 0 Å². The Labute approximate surface area is 126 Å². The van der Waals surface area contributed by atoms with Gasteiger partial charge in [-0.3, -0.25) is 0 Å². The number of rotatable bonds is 2. The second-order valence-electron chi connectivity index (χ2n) is 4.30. The van der Waals surface area contributed by atoms with Crippen LogP contribution in [0.2, 0.25) is 0 Å². The molecule has 0 bridgehead atoms. The molecule has 0 aliphatic carbocycles. The highest BCUT2D eigenvalue weighted by Crippen LogP contribution is 2.36. The van der Waals surface area contributed by atoms with E-state index in [4.69, 9.17) is 0 Å².